The average molecular weight is 415 g/mol. The first-order chi connectivity index (χ1) is 12.5. The Morgan fingerprint density at radius 2 is 1.62 bits per heavy atom. The van der Waals surface area contributed by atoms with Crippen LogP contribution in [0.1, 0.15) is 13.3 Å². The number of halogens is 1. The van der Waals surface area contributed by atoms with Crippen LogP contribution in [0.25, 0.3) is 0 Å². The zero-order valence-electron chi connectivity index (χ0n) is 14.3. The molecule has 3 amide bonds. The quantitative estimate of drug-likeness (QED) is 0.610. The van der Waals surface area contributed by atoms with Crippen LogP contribution in [0, 0.1) is 35.5 Å². The molecule has 6 rings (SSSR count). The number of carbonyl (C=O) groups excluding carboxylic acids is 3. The predicted molar refractivity (Wildman–Crippen MR) is 98.8 cm³/mol. The highest BCUT2D eigenvalue weighted by atomic mass is 79.9. The zero-order chi connectivity index (χ0) is 18.2. The van der Waals surface area contributed by atoms with E-state index in [9.17, 15) is 14.4 Å². The minimum absolute atomic E-state index is 0.164. The van der Waals surface area contributed by atoms with E-state index in [2.05, 4.69) is 33.4 Å². The highest BCUT2D eigenvalue weighted by Crippen LogP contribution is 2.65. The zero-order valence-corrected chi connectivity index (χ0v) is 15.8. The first kappa shape index (κ1) is 16.2. The van der Waals surface area contributed by atoms with Gasteiger partial charge in [-0.3, -0.25) is 19.3 Å². The summed E-state index contributed by atoms with van der Waals surface area (Å²) >= 11 is 3.35. The van der Waals surface area contributed by atoms with Crippen molar-refractivity contribution < 1.29 is 14.4 Å². The monoisotopic (exact) mass is 414 g/mol. The molecule has 2 bridgehead atoms. The van der Waals surface area contributed by atoms with Crippen LogP contribution in [-0.2, 0) is 14.4 Å². The summed E-state index contributed by atoms with van der Waals surface area (Å²) in [6.45, 7) is 1.64. The topological polar surface area (TPSA) is 66.5 Å². The van der Waals surface area contributed by atoms with Gasteiger partial charge in [0.25, 0.3) is 0 Å². The Bertz CT molecular complexity index is 813. The van der Waals surface area contributed by atoms with E-state index in [1.165, 1.54) is 4.90 Å². The first-order valence-corrected chi connectivity index (χ1v) is 9.88. The van der Waals surface area contributed by atoms with Crippen molar-refractivity contribution in [3.05, 3.63) is 40.9 Å². The third-order valence-electron chi connectivity index (χ3n) is 6.58. The van der Waals surface area contributed by atoms with Crippen LogP contribution in [-0.4, -0.2) is 28.7 Å². The van der Waals surface area contributed by atoms with Gasteiger partial charge in [0.2, 0.25) is 17.7 Å². The number of rotatable bonds is 3. The summed E-state index contributed by atoms with van der Waals surface area (Å²) in [6, 6.07) is 6.41. The fourth-order valence-electron chi connectivity index (χ4n) is 5.26. The van der Waals surface area contributed by atoms with Crippen molar-refractivity contribution in [1.29, 1.82) is 0 Å². The summed E-state index contributed by atoms with van der Waals surface area (Å²) < 4.78 is 0.916. The van der Waals surface area contributed by atoms with Crippen LogP contribution in [0.2, 0.25) is 0 Å². The maximum Gasteiger partial charge on any atom is 0.247 e. The van der Waals surface area contributed by atoms with Crippen molar-refractivity contribution in [2.45, 2.75) is 19.4 Å². The Kier molecular flexibility index (Phi) is 3.45. The van der Waals surface area contributed by atoms with Crippen LogP contribution in [0.5, 0.6) is 0 Å². The summed E-state index contributed by atoms with van der Waals surface area (Å²) in [5, 5.41) is 2.80. The van der Waals surface area contributed by atoms with E-state index in [1.807, 2.05) is 12.1 Å². The number of benzene rings is 1. The lowest BCUT2D eigenvalue weighted by atomic mass is 9.63. The third-order valence-corrected chi connectivity index (χ3v) is 7.10. The van der Waals surface area contributed by atoms with Gasteiger partial charge >= 0.3 is 0 Å². The Morgan fingerprint density at radius 1 is 1.08 bits per heavy atom. The lowest BCUT2D eigenvalue weighted by Crippen LogP contribution is -2.46. The molecule has 1 N–H and O–H groups in total. The first-order valence-electron chi connectivity index (χ1n) is 9.09. The Morgan fingerprint density at radius 3 is 2.15 bits per heavy atom. The van der Waals surface area contributed by atoms with Crippen molar-refractivity contribution >= 4 is 39.3 Å². The molecule has 1 aromatic rings. The maximum absolute atomic E-state index is 13.0. The molecule has 26 heavy (non-hydrogen) atoms. The van der Waals surface area contributed by atoms with E-state index in [0.29, 0.717) is 17.5 Å². The average Bonchev–Trinajstić information content (AvgIpc) is 3.41. The fourth-order valence-corrected chi connectivity index (χ4v) is 5.52. The van der Waals surface area contributed by atoms with Gasteiger partial charge in [0.15, 0.2) is 0 Å². The molecule has 1 aliphatic heterocycles. The van der Waals surface area contributed by atoms with Crippen LogP contribution in [0.4, 0.5) is 5.69 Å². The summed E-state index contributed by atoms with van der Waals surface area (Å²) in [4.78, 5) is 39.9. The number of allylic oxidation sites excluding steroid dienone is 2. The molecule has 5 aliphatic rings. The van der Waals surface area contributed by atoms with Crippen LogP contribution >= 0.6 is 15.9 Å². The van der Waals surface area contributed by atoms with E-state index in [1.54, 1.807) is 19.1 Å². The predicted octanol–water partition coefficient (Wildman–Crippen LogP) is 2.83. The minimum Gasteiger partial charge on any atom is -0.324 e. The molecule has 3 fully saturated rings. The van der Waals surface area contributed by atoms with Crippen LogP contribution in [0.15, 0.2) is 40.9 Å². The summed E-state index contributed by atoms with van der Waals surface area (Å²) in [6.07, 6.45) is 5.41. The molecule has 134 valence electrons. The number of nitrogens with one attached hydrogen (secondary N) is 1. The van der Waals surface area contributed by atoms with Crippen LogP contribution in [0.3, 0.4) is 0 Å². The van der Waals surface area contributed by atoms with Gasteiger partial charge in [0.05, 0.1) is 11.8 Å². The number of nitrogens with zero attached hydrogens (tertiary/aromatic N) is 1. The number of anilines is 1. The molecule has 1 heterocycles. The van der Waals surface area contributed by atoms with Gasteiger partial charge in [0, 0.05) is 10.2 Å². The molecule has 0 unspecified atom stereocenters. The molecule has 2 saturated carbocycles. The van der Waals surface area contributed by atoms with Gasteiger partial charge in [0.1, 0.15) is 6.04 Å². The van der Waals surface area contributed by atoms with Gasteiger partial charge in [-0.25, -0.2) is 0 Å². The lowest BCUT2D eigenvalue weighted by molar-refractivity contribution is -0.146. The fraction of sp³-hybridized carbons (Fsp3) is 0.450. The maximum atomic E-state index is 13.0. The SMILES string of the molecule is C[C@@H](C(=O)Nc1ccc(Br)cc1)N1C(=O)[C@H]2[C@@H]3C=C[C@H]([C@H]4C[C@H]34)[C@@H]2C1=O. The van der Waals surface area contributed by atoms with Crippen molar-refractivity contribution in [2.75, 3.05) is 5.32 Å². The molecular formula is C20H19BrN2O3. The number of likely N-dealkylation sites (tertiary alicyclic amines) is 1. The standard InChI is InChI=1S/C20H19BrN2O3/c1-9(18(24)22-11-4-2-10(21)3-5-11)23-19(25)16-12-6-7-13(15-8-14(12)15)17(16)20(23)26/h2-7,9,12-17H,8H2,1H3,(H,22,24)/t9-,12+,13+,14+,15+,16-,17-/m0/s1. The summed E-state index contributed by atoms with van der Waals surface area (Å²) in [5.74, 6) is 0.305. The molecule has 0 aromatic heterocycles. The van der Waals surface area contributed by atoms with E-state index in [4.69, 9.17) is 0 Å². The molecular weight excluding hydrogens is 396 g/mol. The Balaban J connectivity index is 1.37. The van der Waals surface area contributed by atoms with Crippen molar-refractivity contribution in [1.82, 2.24) is 4.90 Å². The Labute approximate surface area is 159 Å². The molecule has 6 heteroatoms. The molecule has 0 spiro atoms. The minimum atomic E-state index is -0.806. The largest absolute Gasteiger partial charge is 0.324 e. The highest BCUT2D eigenvalue weighted by Gasteiger charge is 2.67. The molecule has 1 aromatic carbocycles. The smallest absolute Gasteiger partial charge is 0.247 e. The van der Waals surface area contributed by atoms with Gasteiger partial charge in [-0.05, 0) is 61.3 Å². The van der Waals surface area contributed by atoms with E-state index < -0.39 is 6.04 Å². The van der Waals surface area contributed by atoms with E-state index in [-0.39, 0.29) is 41.4 Å². The molecule has 5 nitrogen and oxygen atoms in total. The Hall–Kier alpha value is -1.95. The normalized spacial score (nSPS) is 37.4. The summed E-state index contributed by atoms with van der Waals surface area (Å²) in [7, 11) is 0. The number of carbonyl (C=O) groups is 3. The third kappa shape index (κ3) is 2.17. The second-order valence-electron chi connectivity index (χ2n) is 7.87. The molecule has 1 saturated heterocycles. The highest BCUT2D eigenvalue weighted by molar-refractivity contribution is 9.10. The number of hydrogen-bond donors (Lipinski definition) is 1. The summed E-state index contributed by atoms with van der Waals surface area (Å²) in [5.41, 5.74) is 0.643. The van der Waals surface area contributed by atoms with Gasteiger partial charge < -0.3 is 5.32 Å². The van der Waals surface area contributed by atoms with Crippen molar-refractivity contribution in [3.8, 4) is 0 Å². The van der Waals surface area contributed by atoms with Gasteiger partial charge in [-0.15, -0.1) is 0 Å². The molecule has 4 aliphatic carbocycles. The second kappa shape index (κ2) is 5.52. The van der Waals surface area contributed by atoms with Gasteiger partial charge in [-0.2, -0.15) is 0 Å². The number of hydrogen-bond acceptors (Lipinski definition) is 3. The lowest BCUT2D eigenvalue weighted by Gasteiger charge is -2.37. The number of amides is 3. The second-order valence-corrected chi connectivity index (χ2v) is 8.79. The van der Waals surface area contributed by atoms with Crippen molar-refractivity contribution in [3.63, 3.8) is 0 Å². The van der Waals surface area contributed by atoms with Gasteiger partial charge in [-0.1, -0.05) is 28.1 Å². The van der Waals surface area contributed by atoms with E-state index >= 15 is 0 Å². The number of imide groups is 1. The van der Waals surface area contributed by atoms with E-state index in [0.717, 1.165) is 10.9 Å². The molecule has 0 radical (unpaired) electrons. The van der Waals surface area contributed by atoms with Crippen molar-refractivity contribution in [2.24, 2.45) is 35.5 Å². The molecule has 7 atom stereocenters. The van der Waals surface area contributed by atoms with Crippen LogP contribution < -0.4 is 5.32 Å².